The molecule has 0 radical (unpaired) electrons. The van der Waals surface area contributed by atoms with Gasteiger partial charge in [0.15, 0.2) is 5.78 Å². The van der Waals surface area contributed by atoms with Crippen molar-refractivity contribution in [2.24, 2.45) is 16.6 Å². The number of pyridine rings is 1. The first-order chi connectivity index (χ1) is 13.5. The highest BCUT2D eigenvalue weighted by atomic mass is 19.1. The van der Waals surface area contributed by atoms with Gasteiger partial charge in [-0.3, -0.25) is 9.78 Å². The zero-order chi connectivity index (χ0) is 19.9. The number of nitrogens with zero attached hydrogens (tertiary/aromatic N) is 3. The van der Waals surface area contributed by atoms with Gasteiger partial charge < -0.3 is 10.5 Å². The Labute approximate surface area is 159 Å². The van der Waals surface area contributed by atoms with E-state index in [9.17, 15) is 13.6 Å². The summed E-state index contributed by atoms with van der Waals surface area (Å²) in [5, 5.41) is 8.80. The van der Waals surface area contributed by atoms with E-state index in [1.54, 1.807) is 0 Å². The number of amidine groups is 1. The van der Waals surface area contributed by atoms with Crippen molar-refractivity contribution in [3.8, 4) is 6.07 Å². The molecule has 28 heavy (non-hydrogen) atoms. The summed E-state index contributed by atoms with van der Waals surface area (Å²) in [6.45, 7) is -0.913. The second-order valence-electron chi connectivity index (χ2n) is 6.96. The third kappa shape index (κ3) is 2.99. The number of benzene rings is 1. The van der Waals surface area contributed by atoms with E-state index in [1.807, 2.05) is 6.07 Å². The second kappa shape index (κ2) is 6.68. The summed E-state index contributed by atoms with van der Waals surface area (Å²) in [5.74, 6) is -1.18. The van der Waals surface area contributed by atoms with Crippen LogP contribution in [0.4, 0.5) is 8.78 Å². The molecule has 1 aliphatic carbocycles. The largest absolute Gasteiger partial charge is 0.462 e. The SMILES string of the molecule is N#Cc1ccc(C(=O)Cc2ccc(F)c([C@@]3(CF)N=C(N)O[C@@H]4C[C@@H]43)c2)nc1. The number of alkyl halides is 1. The molecule has 1 aliphatic heterocycles. The molecule has 2 aromatic rings. The molecule has 1 aromatic carbocycles. The number of carbonyl (C=O) groups is 1. The van der Waals surface area contributed by atoms with Gasteiger partial charge in [-0.05, 0) is 36.2 Å². The van der Waals surface area contributed by atoms with Crippen LogP contribution >= 0.6 is 0 Å². The van der Waals surface area contributed by atoms with Crippen molar-refractivity contribution < 1.29 is 18.3 Å². The molecule has 0 bridgehead atoms. The summed E-state index contributed by atoms with van der Waals surface area (Å²) in [4.78, 5) is 20.6. The normalized spacial score (nSPS) is 25.1. The first kappa shape index (κ1) is 18.0. The van der Waals surface area contributed by atoms with Gasteiger partial charge in [0.05, 0.1) is 5.56 Å². The minimum Gasteiger partial charge on any atom is -0.462 e. The van der Waals surface area contributed by atoms with Gasteiger partial charge in [-0.25, -0.2) is 13.8 Å². The maximum absolute atomic E-state index is 14.6. The third-order valence-electron chi connectivity index (χ3n) is 5.17. The Morgan fingerprint density at radius 2 is 2.21 bits per heavy atom. The van der Waals surface area contributed by atoms with Gasteiger partial charge in [0.2, 0.25) is 0 Å². The zero-order valence-electron chi connectivity index (χ0n) is 14.7. The smallest absolute Gasteiger partial charge is 0.283 e. The molecule has 6 nitrogen and oxygen atoms in total. The number of aromatic nitrogens is 1. The molecule has 0 spiro atoms. The number of nitriles is 1. The highest BCUT2D eigenvalue weighted by Gasteiger charge is 2.60. The molecule has 0 saturated heterocycles. The lowest BCUT2D eigenvalue weighted by atomic mass is 9.84. The van der Waals surface area contributed by atoms with Crippen molar-refractivity contribution in [2.75, 3.05) is 6.67 Å². The number of halogens is 2. The Morgan fingerprint density at radius 1 is 1.39 bits per heavy atom. The fourth-order valence-electron chi connectivity index (χ4n) is 3.64. The minimum atomic E-state index is -1.43. The van der Waals surface area contributed by atoms with Crippen LogP contribution in [0.25, 0.3) is 0 Å². The van der Waals surface area contributed by atoms with Crippen molar-refractivity contribution in [1.29, 1.82) is 5.26 Å². The molecular formula is C20H16F2N4O2. The van der Waals surface area contributed by atoms with Crippen molar-refractivity contribution >= 4 is 11.8 Å². The number of Topliss-reactive ketones (excluding diaryl/α,β-unsaturated/α-hetero) is 1. The lowest BCUT2D eigenvalue weighted by molar-refractivity contribution is 0.0988. The monoisotopic (exact) mass is 382 g/mol. The molecule has 2 aliphatic rings. The van der Waals surface area contributed by atoms with E-state index < -0.39 is 18.0 Å². The predicted octanol–water partition coefficient (Wildman–Crippen LogP) is 2.42. The predicted molar refractivity (Wildman–Crippen MR) is 95.6 cm³/mol. The highest BCUT2D eigenvalue weighted by Crippen LogP contribution is 2.53. The number of hydrogen-bond acceptors (Lipinski definition) is 6. The molecule has 0 amide bonds. The van der Waals surface area contributed by atoms with E-state index in [1.165, 1.54) is 36.5 Å². The standard InChI is InChI=1S/C20H16F2N4O2/c21-10-20(14-7-18(14)28-19(24)26-20)13-5-11(1-3-15(13)22)6-17(27)16-4-2-12(8-23)9-25-16/h1-5,9,14,18H,6-7,10H2,(H2,24,26)/t14-,18+,20+/m0/s1. The second-order valence-corrected chi connectivity index (χ2v) is 6.96. The van der Waals surface area contributed by atoms with Gasteiger partial charge in [0.1, 0.15) is 35.9 Å². The van der Waals surface area contributed by atoms with Crippen molar-refractivity contribution in [3.63, 3.8) is 0 Å². The molecule has 8 heteroatoms. The Kier molecular flexibility index (Phi) is 4.30. The summed E-state index contributed by atoms with van der Waals surface area (Å²) in [6, 6.07) is 8.89. The van der Waals surface area contributed by atoms with Crippen LogP contribution in [-0.4, -0.2) is 29.6 Å². The summed E-state index contributed by atoms with van der Waals surface area (Å²) >= 11 is 0. The van der Waals surface area contributed by atoms with Crippen LogP contribution in [-0.2, 0) is 16.7 Å². The molecule has 2 N–H and O–H groups in total. The Balaban J connectivity index is 1.65. The summed E-state index contributed by atoms with van der Waals surface area (Å²) in [5.41, 5.74) is 5.36. The minimum absolute atomic E-state index is 0.0433. The average Bonchev–Trinajstić information content (AvgIpc) is 3.48. The highest BCUT2D eigenvalue weighted by molar-refractivity contribution is 5.95. The molecule has 1 fully saturated rings. The van der Waals surface area contributed by atoms with Crippen LogP contribution in [0.3, 0.4) is 0 Å². The van der Waals surface area contributed by atoms with Crippen LogP contribution in [0, 0.1) is 23.1 Å². The maximum Gasteiger partial charge on any atom is 0.283 e. The summed E-state index contributed by atoms with van der Waals surface area (Å²) in [6.07, 6.45) is 1.55. The number of ketones is 1. The number of nitrogens with two attached hydrogens (primary N) is 1. The quantitative estimate of drug-likeness (QED) is 0.801. The molecule has 1 saturated carbocycles. The number of ether oxygens (including phenoxy) is 1. The number of aliphatic imine (C=N–C) groups is 1. The van der Waals surface area contributed by atoms with Gasteiger partial charge >= 0.3 is 0 Å². The van der Waals surface area contributed by atoms with Crippen LogP contribution < -0.4 is 5.73 Å². The summed E-state index contributed by atoms with van der Waals surface area (Å²) in [7, 11) is 0. The molecular weight excluding hydrogens is 366 g/mol. The van der Waals surface area contributed by atoms with Crippen molar-refractivity contribution in [3.05, 3.63) is 64.7 Å². The first-order valence-corrected chi connectivity index (χ1v) is 8.73. The van der Waals surface area contributed by atoms with Gasteiger partial charge in [-0.15, -0.1) is 0 Å². The lowest BCUT2D eigenvalue weighted by Crippen LogP contribution is -2.39. The van der Waals surface area contributed by atoms with Crippen molar-refractivity contribution in [2.45, 2.75) is 24.5 Å². The number of fused-ring (bicyclic) bond motifs is 1. The van der Waals surface area contributed by atoms with Gasteiger partial charge in [0, 0.05) is 24.1 Å². The van der Waals surface area contributed by atoms with Crippen molar-refractivity contribution in [1.82, 2.24) is 4.98 Å². The number of rotatable bonds is 5. The average molecular weight is 382 g/mol. The number of hydrogen-bond donors (Lipinski definition) is 1. The molecule has 4 rings (SSSR count). The first-order valence-electron chi connectivity index (χ1n) is 8.73. The van der Waals surface area contributed by atoms with E-state index in [0.717, 1.165) is 0 Å². The van der Waals surface area contributed by atoms with Gasteiger partial charge in [0.25, 0.3) is 6.02 Å². The topological polar surface area (TPSA) is 101 Å². The van der Waals surface area contributed by atoms with E-state index in [2.05, 4.69) is 9.98 Å². The van der Waals surface area contributed by atoms with Crippen LogP contribution in [0.2, 0.25) is 0 Å². The van der Waals surface area contributed by atoms with Gasteiger partial charge in [-0.2, -0.15) is 5.26 Å². The fourth-order valence-corrected chi connectivity index (χ4v) is 3.64. The van der Waals surface area contributed by atoms with Crippen LogP contribution in [0.5, 0.6) is 0 Å². The van der Waals surface area contributed by atoms with E-state index in [4.69, 9.17) is 15.7 Å². The van der Waals surface area contributed by atoms with E-state index >= 15 is 0 Å². The van der Waals surface area contributed by atoms with Gasteiger partial charge in [-0.1, -0.05) is 6.07 Å². The van der Waals surface area contributed by atoms with E-state index in [0.29, 0.717) is 17.5 Å². The molecule has 3 atom stereocenters. The molecule has 0 unspecified atom stereocenters. The van der Waals surface area contributed by atoms with Crippen LogP contribution in [0.1, 0.15) is 33.6 Å². The maximum atomic E-state index is 14.6. The molecule has 2 heterocycles. The third-order valence-corrected chi connectivity index (χ3v) is 5.17. The molecule has 142 valence electrons. The van der Waals surface area contributed by atoms with Crippen LogP contribution in [0.15, 0.2) is 41.5 Å². The summed E-state index contributed by atoms with van der Waals surface area (Å²) < 4.78 is 34.0. The fraction of sp³-hybridized carbons (Fsp3) is 0.300. The Hall–Kier alpha value is -3.34. The Bertz CT molecular complexity index is 1020. The van der Waals surface area contributed by atoms with E-state index in [-0.39, 0.29) is 41.5 Å². The molecule has 1 aromatic heterocycles. The zero-order valence-corrected chi connectivity index (χ0v) is 14.7. The number of carbonyl (C=O) groups excluding carboxylic acids is 1. The Morgan fingerprint density at radius 3 is 2.89 bits per heavy atom. The lowest BCUT2D eigenvalue weighted by Gasteiger charge is -2.31.